The first-order valence-electron chi connectivity index (χ1n) is 12.0. The molecule has 11 heteroatoms. The molecule has 1 aliphatic rings. The highest BCUT2D eigenvalue weighted by atomic mass is 32.1. The summed E-state index contributed by atoms with van der Waals surface area (Å²) in [4.78, 5) is 29.2. The fourth-order valence-corrected chi connectivity index (χ4v) is 5.60. The molecule has 1 atom stereocenters. The molecular formula is C27H30F3N5O2S. The van der Waals surface area contributed by atoms with Gasteiger partial charge in [-0.15, -0.1) is 0 Å². The van der Waals surface area contributed by atoms with Crippen LogP contribution in [0, 0.1) is 16.7 Å². The zero-order valence-corrected chi connectivity index (χ0v) is 22.5. The molecule has 2 aromatic carbocycles. The topological polar surface area (TPSA) is 102 Å². The zero-order valence-electron chi connectivity index (χ0n) is 21.6. The van der Waals surface area contributed by atoms with Crippen LogP contribution >= 0.6 is 12.2 Å². The summed E-state index contributed by atoms with van der Waals surface area (Å²) >= 11 is 5.38. The lowest BCUT2D eigenvalue weighted by Gasteiger charge is -2.50. The van der Waals surface area contributed by atoms with E-state index in [1.807, 2.05) is 13.8 Å². The van der Waals surface area contributed by atoms with Crippen LogP contribution in [0.1, 0.15) is 61.0 Å². The molecule has 202 valence electrons. The average Bonchev–Trinajstić information content (AvgIpc) is 2.86. The van der Waals surface area contributed by atoms with Crippen molar-refractivity contribution in [1.82, 2.24) is 5.32 Å². The second-order valence-corrected chi connectivity index (χ2v) is 10.5. The third kappa shape index (κ3) is 5.45. The van der Waals surface area contributed by atoms with Gasteiger partial charge in [-0.2, -0.15) is 18.4 Å². The largest absolute Gasteiger partial charge is 0.417 e. The van der Waals surface area contributed by atoms with Gasteiger partial charge in [-0.25, -0.2) is 0 Å². The lowest BCUT2D eigenvalue weighted by atomic mass is 9.66. The SMILES string of the molecule is CNC(=O)c1ccc(N(C=S)C2(C(=O)N(C)c3ccc(C#N)c(C(F)(F)F)c3)CCCC(C)(C)C2)cc1N. The van der Waals surface area contributed by atoms with Crippen molar-refractivity contribution in [2.45, 2.75) is 51.2 Å². The Morgan fingerprint density at radius 2 is 1.82 bits per heavy atom. The Morgan fingerprint density at radius 3 is 2.34 bits per heavy atom. The van der Waals surface area contributed by atoms with Gasteiger partial charge >= 0.3 is 6.18 Å². The summed E-state index contributed by atoms with van der Waals surface area (Å²) < 4.78 is 40.9. The van der Waals surface area contributed by atoms with Crippen molar-refractivity contribution in [2.75, 3.05) is 29.6 Å². The number of nitrogens with one attached hydrogen (secondary N) is 1. The first kappa shape index (κ1) is 28.9. The molecule has 0 bridgehead atoms. The molecule has 3 rings (SSSR count). The minimum Gasteiger partial charge on any atom is -0.398 e. The third-order valence-corrected chi connectivity index (χ3v) is 7.30. The molecule has 0 saturated heterocycles. The molecule has 1 saturated carbocycles. The van der Waals surface area contributed by atoms with Crippen molar-refractivity contribution in [3.8, 4) is 6.07 Å². The number of amides is 2. The lowest BCUT2D eigenvalue weighted by molar-refractivity contribution is -0.137. The first-order valence-corrected chi connectivity index (χ1v) is 12.4. The summed E-state index contributed by atoms with van der Waals surface area (Å²) in [6.07, 6.45) is -2.47. The number of likely N-dealkylation sites (N-methyl/N-ethyl adjacent to an activating group) is 1. The van der Waals surface area contributed by atoms with Gasteiger partial charge in [0.25, 0.3) is 11.8 Å². The van der Waals surface area contributed by atoms with E-state index in [2.05, 4.69) is 5.32 Å². The number of carbonyl (C=O) groups excluding carboxylic acids is 2. The molecule has 0 spiro atoms. The van der Waals surface area contributed by atoms with E-state index in [1.54, 1.807) is 29.2 Å². The van der Waals surface area contributed by atoms with Crippen molar-refractivity contribution in [1.29, 1.82) is 5.26 Å². The number of benzene rings is 2. The van der Waals surface area contributed by atoms with E-state index in [-0.39, 0.29) is 28.3 Å². The maximum Gasteiger partial charge on any atom is 0.417 e. The molecule has 7 nitrogen and oxygen atoms in total. The van der Waals surface area contributed by atoms with E-state index < -0.39 is 28.7 Å². The number of rotatable bonds is 6. The lowest BCUT2D eigenvalue weighted by Crippen LogP contribution is -2.62. The van der Waals surface area contributed by atoms with E-state index in [9.17, 15) is 22.8 Å². The summed E-state index contributed by atoms with van der Waals surface area (Å²) in [6.45, 7) is 4.06. The van der Waals surface area contributed by atoms with Crippen LogP contribution in [0.4, 0.5) is 30.2 Å². The van der Waals surface area contributed by atoms with Crippen LogP contribution in [0.3, 0.4) is 0 Å². The molecule has 0 heterocycles. The minimum absolute atomic E-state index is 0.00266. The highest BCUT2D eigenvalue weighted by molar-refractivity contribution is 7.79. The Hall–Kier alpha value is -3.65. The number of carbonyl (C=O) groups is 2. The number of hydrogen-bond donors (Lipinski definition) is 2. The number of nitrogens with zero attached hydrogens (tertiary/aromatic N) is 3. The zero-order chi connectivity index (χ0) is 28.5. The normalized spacial score (nSPS) is 18.7. The van der Waals surface area contributed by atoms with E-state index in [0.29, 0.717) is 24.9 Å². The number of nitrogen functional groups attached to an aromatic ring is 1. The van der Waals surface area contributed by atoms with Crippen LogP contribution in [0.15, 0.2) is 36.4 Å². The first-order chi connectivity index (χ1) is 17.7. The minimum atomic E-state index is -4.76. The van der Waals surface area contributed by atoms with Crippen molar-refractivity contribution in [3.05, 3.63) is 53.1 Å². The number of hydrogen-bond acceptors (Lipinski definition) is 5. The number of nitriles is 1. The Morgan fingerprint density at radius 1 is 1.16 bits per heavy atom. The maximum absolute atomic E-state index is 14.3. The highest BCUT2D eigenvalue weighted by Crippen LogP contribution is 2.47. The predicted molar refractivity (Wildman–Crippen MR) is 145 cm³/mol. The molecule has 0 aliphatic heterocycles. The van der Waals surface area contributed by atoms with Crippen LogP contribution in [0.2, 0.25) is 0 Å². The van der Waals surface area contributed by atoms with Gasteiger partial charge in [0.1, 0.15) is 5.54 Å². The predicted octanol–water partition coefficient (Wildman–Crippen LogP) is 5.28. The second-order valence-electron chi connectivity index (χ2n) is 10.3. The van der Waals surface area contributed by atoms with Gasteiger partial charge < -0.3 is 20.9 Å². The Bertz CT molecular complexity index is 1300. The van der Waals surface area contributed by atoms with Gasteiger partial charge in [-0.1, -0.05) is 32.5 Å². The molecule has 1 fully saturated rings. The van der Waals surface area contributed by atoms with Crippen LogP contribution in [-0.2, 0) is 11.0 Å². The summed E-state index contributed by atoms with van der Waals surface area (Å²) in [6, 6.07) is 9.51. The molecular weight excluding hydrogens is 515 g/mol. The molecule has 1 aliphatic carbocycles. The number of halogens is 3. The Kier molecular flexibility index (Phi) is 8.07. The molecule has 2 aromatic rings. The van der Waals surface area contributed by atoms with Crippen molar-refractivity contribution in [2.24, 2.45) is 5.41 Å². The summed E-state index contributed by atoms with van der Waals surface area (Å²) in [5.41, 5.74) is 5.31. The quantitative estimate of drug-likeness (QED) is 0.378. The number of nitrogens with two attached hydrogens (primary N) is 1. The van der Waals surface area contributed by atoms with E-state index >= 15 is 0 Å². The van der Waals surface area contributed by atoms with Gasteiger partial charge in [0.2, 0.25) is 0 Å². The highest BCUT2D eigenvalue weighted by Gasteiger charge is 2.51. The second kappa shape index (κ2) is 10.6. The molecule has 38 heavy (non-hydrogen) atoms. The van der Waals surface area contributed by atoms with Gasteiger partial charge in [0, 0.05) is 31.2 Å². The van der Waals surface area contributed by atoms with Crippen molar-refractivity contribution >= 4 is 46.6 Å². The van der Waals surface area contributed by atoms with E-state index in [4.69, 9.17) is 23.2 Å². The summed E-state index contributed by atoms with van der Waals surface area (Å²) in [5.74, 6) is -0.813. The third-order valence-electron chi connectivity index (χ3n) is 7.09. The number of thiocarbonyl (C=S) groups is 1. The van der Waals surface area contributed by atoms with Crippen molar-refractivity contribution in [3.63, 3.8) is 0 Å². The average molecular weight is 546 g/mol. The molecule has 0 aromatic heterocycles. The maximum atomic E-state index is 14.3. The number of anilines is 3. The van der Waals surface area contributed by atoms with Gasteiger partial charge in [0.05, 0.1) is 28.3 Å². The smallest absolute Gasteiger partial charge is 0.398 e. The van der Waals surface area contributed by atoms with Crippen LogP contribution in [0.25, 0.3) is 0 Å². The van der Waals surface area contributed by atoms with Crippen molar-refractivity contribution < 1.29 is 22.8 Å². The van der Waals surface area contributed by atoms with Gasteiger partial charge in [-0.05, 0) is 61.1 Å². The fraction of sp³-hybridized carbons (Fsp3) is 0.407. The molecule has 1 unspecified atom stereocenters. The van der Waals surface area contributed by atoms with Crippen LogP contribution in [-0.4, -0.2) is 36.9 Å². The molecule has 2 amide bonds. The Balaban J connectivity index is 2.14. The fourth-order valence-electron chi connectivity index (χ4n) is 5.27. The van der Waals surface area contributed by atoms with E-state index in [1.165, 1.54) is 30.6 Å². The Labute approximate surface area is 225 Å². The van der Waals surface area contributed by atoms with Crippen LogP contribution in [0.5, 0.6) is 0 Å². The standard InChI is InChI=1S/C27H30F3N5O2S/c1-25(2)10-5-11-26(15-25,35(16-38)19-8-9-20(22(32)13-19)23(36)33-3)24(37)34(4)18-7-6-17(14-31)21(12-18)27(28,29)30/h6-9,12-13,16H,5,10-11,15,32H2,1-4H3,(H,33,36). The monoisotopic (exact) mass is 545 g/mol. The molecule has 0 radical (unpaired) electrons. The summed E-state index contributed by atoms with van der Waals surface area (Å²) in [7, 11) is 2.90. The van der Waals surface area contributed by atoms with E-state index in [0.717, 1.165) is 18.6 Å². The van der Waals surface area contributed by atoms with Gasteiger partial charge in [0.15, 0.2) is 0 Å². The van der Waals surface area contributed by atoms with Crippen LogP contribution < -0.4 is 20.9 Å². The molecule has 3 N–H and O–H groups in total. The summed E-state index contributed by atoms with van der Waals surface area (Å²) in [5, 5.41) is 11.7. The number of alkyl halides is 3. The van der Waals surface area contributed by atoms with Gasteiger partial charge in [-0.3, -0.25) is 9.59 Å².